The van der Waals surface area contributed by atoms with Crippen molar-refractivity contribution in [2.45, 2.75) is 46.8 Å². The van der Waals surface area contributed by atoms with Crippen molar-refractivity contribution in [3.63, 3.8) is 0 Å². The van der Waals surface area contributed by atoms with Crippen LogP contribution < -0.4 is 10.1 Å². The van der Waals surface area contributed by atoms with Gasteiger partial charge < -0.3 is 10.1 Å². The van der Waals surface area contributed by atoms with E-state index in [-0.39, 0.29) is 0 Å². The van der Waals surface area contributed by atoms with Crippen LogP contribution in [0.1, 0.15) is 48.6 Å². The van der Waals surface area contributed by atoms with Gasteiger partial charge in [-0.2, -0.15) is 0 Å². The molecule has 0 aromatic heterocycles. The molecule has 0 radical (unpaired) electrons. The van der Waals surface area contributed by atoms with Crippen LogP contribution in [0.4, 0.5) is 0 Å². The number of hydrogen-bond donors (Lipinski definition) is 1. The van der Waals surface area contributed by atoms with Gasteiger partial charge in [0.15, 0.2) is 0 Å². The second-order valence-electron chi connectivity index (χ2n) is 7.87. The number of benzene rings is 2. The fourth-order valence-corrected chi connectivity index (χ4v) is 4.19. The Balaban J connectivity index is 1.82. The quantitative estimate of drug-likeness (QED) is 0.756. The van der Waals surface area contributed by atoms with Crippen LogP contribution in [0.2, 0.25) is 0 Å². The van der Waals surface area contributed by atoms with Gasteiger partial charge >= 0.3 is 0 Å². The van der Waals surface area contributed by atoms with E-state index < -0.39 is 0 Å². The van der Waals surface area contributed by atoms with Crippen LogP contribution in [0.15, 0.2) is 42.5 Å². The number of aryl methyl sites for hydroxylation is 2. The number of ether oxygens (including phenoxy) is 1. The number of rotatable bonds is 7. The predicted octanol–water partition coefficient (Wildman–Crippen LogP) is 4.87. The van der Waals surface area contributed by atoms with Crippen LogP contribution in [0.25, 0.3) is 0 Å². The highest BCUT2D eigenvalue weighted by atomic mass is 16.5. The molecule has 146 valence electrons. The zero-order chi connectivity index (χ0) is 19.2. The van der Waals surface area contributed by atoms with Gasteiger partial charge in [0.2, 0.25) is 0 Å². The van der Waals surface area contributed by atoms with Gasteiger partial charge in [0.25, 0.3) is 0 Å². The third kappa shape index (κ3) is 4.91. The minimum atomic E-state index is 0.484. The number of hydrogen-bond acceptors (Lipinski definition) is 3. The molecule has 1 aliphatic rings. The van der Waals surface area contributed by atoms with Crippen molar-refractivity contribution in [3.05, 3.63) is 64.7 Å². The molecule has 0 saturated carbocycles. The van der Waals surface area contributed by atoms with E-state index in [1.807, 2.05) is 6.07 Å². The molecule has 3 rings (SSSR count). The second-order valence-corrected chi connectivity index (χ2v) is 7.87. The molecular weight excluding hydrogens is 332 g/mol. The first-order valence-electron chi connectivity index (χ1n) is 10.3. The summed E-state index contributed by atoms with van der Waals surface area (Å²) in [6, 6.07) is 15.6. The molecule has 0 amide bonds. The van der Waals surface area contributed by atoms with Crippen molar-refractivity contribution in [1.29, 1.82) is 0 Å². The topological polar surface area (TPSA) is 24.5 Å². The SMILES string of the molecule is CCC(C)[C@@H](c1cc(C)c(OCc2ccccc2)c(C)c1)N1CCNCC1. The van der Waals surface area contributed by atoms with E-state index in [1.165, 1.54) is 28.7 Å². The fourth-order valence-electron chi connectivity index (χ4n) is 4.19. The summed E-state index contributed by atoms with van der Waals surface area (Å²) in [5.41, 5.74) is 5.13. The summed E-state index contributed by atoms with van der Waals surface area (Å²) >= 11 is 0. The Morgan fingerprint density at radius 1 is 1.04 bits per heavy atom. The normalized spacial score (nSPS) is 17.5. The molecule has 3 heteroatoms. The van der Waals surface area contributed by atoms with Gasteiger partial charge in [-0.3, -0.25) is 4.90 Å². The standard InChI is InChI=1S/C24H34N2O/c1-5-18(2)23(26-13-11-25-12-14-26)22-15-19(3)24(20(4)16-22)27-17-21-9-7-6-8-10-21/h6-10,15-16,18,23,25H,5,11-14,17H2,1-4H3/t18?,23-/m0/s1. The Labute approximate surface area is 164 Å². The summed E-state index contributed by atoms with van der Waals surface area (Å²) in [5.74, 6) is 1.67. The van der Waals surface area contributed by atoms with Crippen molar-refractivity contribution >= 4 is 0 Å². The summed E-state index contributed by atoms with van der Waals surface area (Å²) in [6.45, 7) is 14.1. The van der Waals surface area contributed by atoms with E-state index in [0.29, 0.717) is 18.6 Å². The second kappa shape index (κ2) is 9.38. The monoisotopic (exact) mass is 366 g/mol. The Hall–Kier alpha value is -1.84. The molecule has 27 heavy (non-hydrogen) atoms. The van der Waals surface area contributed by atoms with Crippen LogP contribution in [0, 0.1) is 19.8 Å². The molecular formula is C24H34N2O. The molecule has 2 atom stereocenters. The highest BCUT2D eigenvalue weighted by molar-refractivity contribution is 5.44. The van der Waals surface area contributed by atoms with Crippen LogP contribution in [-0.4, -0.2) is 31.1 Å². The van der Waals surface area contributed by atoms with Crippen LogP contribution in [-0.2, 0) is 6.61 Å². The first-order valence-corrected chi connectivity index (χ1v) is 10.3. The minimum Gasteiger partial charge on any atom is -0.488 e. The lowest BCUT2D eigenvalue weighted by atomic mass is 9.88. The van der Waals surface area contributed by atoms with Crippen molar-refractivity contribution in [3.8, 4) is 5.75 Å². The molecule has 0 bridgehead atoms. The van der Waals surface area contributed by atoms with Crippen molar-refractivity contribution in [2.75, 3.05) is 26.2 Å². The Kier molecular flexibility index (Phi) is 6.92. The van der Waals surface area contributed by atoms with E-state index in [1.54, 1.807) is 0 Å². The van der Waals surface area contributed by atoms with Crippen molar-refractivity contribution in [1.82, 2.24) is 10.2 Å². The molecule has 1 N–H and O–H groups in total. The lowest BCUT2D eigenvalue weighted by Gasteiger charge is -2.39. The number of piperazine rings is 1. The van der Waals surface area contributed by atoms with Gasteiger partial charge in [0, 0.05) is 32.2 Å². The highest BCUT2D eigenvalue weighted by Crippen LogP contribution is 2.35. The summed E-state index contributed by atoms with van der Waals surface area (Å²) in [7, 11) is 0. The molecule has 1 saturated heterocycles. The van der Waals surface area contributed by atoms with Crippen LogP contribution in [0.5, 0.6) is 5.75 Å². The fraction of sp³-hybridized carbons (Fsp3) is 0.500. The molecule has 1 aliphatic heterocycles. The third-order valence-electron chi connectivity index (χ3n) is 5.78. The third-order valence-corrected chi connectivity index (χ3v) is 5.78. The summed E-state index contributed by atoms with van der Waals surface area (Å²) in [4.78, 5) is 2.66. The molecule has 1 heterocycles. The minimum absolute atomic E-state index is 0.484. The van der Waals surface area contributed by atoms with E-state index in [2.05, 4.69) is 74.3 Å². The molecule has 0 spiro atoms. The molecule has 2 aromatic carbocycles. The maximum absolute atomic E-state index is 6.20. The van der Waals surface area contributed by atoms with Crippen molar-refractivity contribution < 1.29 is 4.74 Å². The van der Waals surface area contributed by atoms with E-state index in [4.69, 9.17) is 4.74 Å². The zero-order valence-corrected chi connectivity index (χ0v) is 17.3. The first-order chi connectivity index (χ1) is 13.1. The Morgan fingerprint density at radius 2 is 1.67 bits per heavy atom. The maximum Gasteiger partial charge on any atom is 0.125 e. The van der Waals surface area contributed by atoms with E-state index >= 15 is 0 Å². The molecule has 1 unspecified atom stereocenters. The maximum atomic E-state index is 6.20. The summed E-state index contributed by atoms with van der Waals surface area (Å²) < 4.78 is 6.20. The number of nitrogens with one attached hydrogen (secondary N) is 1. The molecule has 1 fully saturated rings. The Morgan fingerprint density at radius 3 is 2.26 bits per heavy atom. The van der Waals surface area contributed by atoms with Gasteiger partial charge in [-0.25, -0.2) is 0 Å². The molecule has 3 nitrogen and oxygen atoms in total. The van der Waals surface area contributed by atoms with Gasteiger partial charge in [0.05, 0.1) is 0 Å². The molecule has 2 aromatic rings. The van der Waals surface area contributed by atoms with Gasteiger partial charge in [-0.05, 0) is 42.0 Å². The van der Waals surface area contributed by atoms with Gasteiger partial charge in [0.1, 0.15) is 12.4 Å². The average molecular weight is 367 g/mol. The van der Waals surface area contributed by atoms with Gasteiger partial charge in [-0.15, -0.1) is 0 Å². The number of nitrogens with zero attached hydrogens (tertiary/aromatic N) is 1. The van der Waals surface area contributed by atoms with Crippen molar-refractivity contribution in [2.24, 2.45) is 5.92 Å². The Bertz CT molecular complexity index is 699. The lowest BCUT2D eigenvalue weighted by molar-refractivity contribution is 0.128. The predicted molar refractivity (Wildman–Crippen MR) is 113 cm³/mol. The summed E-state index contributed by atoms with van der Waals surface area (Å²) in [6.07, 6.45) is 1.19. The largest absolute Gasteiger partial charge is 0.488 e. The average Bonchev–Trinajstić information content (AvgIpc) is 2.69. The highest BCUT2D eigenvalue weighted by Gasteiger charge is 2.27. The van der Waals surface area contributed by atoms with Crippen LogP contribution in [0.3, 0.4) is 0 Å². The van der Waals surface area contributed by atoms with E-state index in [9.17, 15) is 0 Å². The summed E-state index contributed by atoms with van der Waals surface area (Å²) in [5, 5.41) is 3.48. The lowest BCUT2D eigenvalue weighted by Crippen LogP contribution is -2.46. The zero-order valence-electron chi connectivity index (χ0n) is 17.3. The molecule has 0 aliphatic carbocycles. The van der Waals surface area contributed by atoms with Crippen LogP contribution >= 0.6 is 0 Å². The van der Waals surface area contributed by atoms with E-state index in [0.717, 1.165) is 31.9 Å². The first kappa shape index (κ1) is 19.9. The smallest absolute Gasteiger partial charge is 0.125 e. The van der Waals surface area contributed by atoms with Gasteiger partial charge in [-0.1, -0.05) is 62.7 Å².